The first kappa shape index (κ1) is 21.2. The molecule has 1 N–H and O–H groups in total. The highest BCUT2D eigenvalue weighted by atomic mass is 19.3. The minimum Gasteiger partial charge on any atom is -0.435 e. The van der Waals surface area contributed by atoms with Gasteiger partial charge >= 0.3 is 6.61 Å². The number of likely N-dealkylation sites (N-methyl/N-ethyl adjacent to an activating group) is 1. The minimum atomic E-state index is -2.95. The molecule has 0 fully saturated rings. The van der Waals surface area contributed by atoms with Gasteiger partial charge in [0.15, 0.2) is 0 Å². The summed E-state index contributed by atoms with van der Waals surface area (Å²) in [5.41, 5.74) is 1.33. The van der Waals surface area contributed by atoms with Crippen LogP contribution in [0.5, 0.6) is 5.75 Å². The molecule has 0 aromatic heterocycles. The number of benzene rings is 2. The summed E-state index contributed by atoms with van der Waals surface area (Å²) in [4.78, 5) is 40.5. The van der Waals surface area contributed by atoms with E-state index in [1.54, 1.807) is 31.2 Å². The molecule has 1 atom stereocenters. The van der Waals surface area contributed by atoms with E-state index in [-0.39, 0.29) is 36.1 Å². The lowest BCUT2D eigenvalue weighted by Gasteiger charge is -2.29. The van der Waals surface area contributed by atoms with Crippen LogP contribution in [0.1, 0.15) is 23.7 Å². The molecule has 0 unspecified atom stereocenters. The largest absolute Gasteiger partial charge is 0.435 e. The van der Waals surface area contributed by atoms with Gasteiger partial charge in [-0.1, -0.05) is 12.1 Å². The van der Waals surface area contributed by atoms with Crippen LogP contribution in [0.2, 0.25) is 0 Å². The number of ether oxygens (including phenoxy) is 1. The molecule has 2 aromatic rings. The molecule has 0 radical (unpaired) electrons. The van der Waals surface area contributed by atoms with E-state index in [0.717, 1.165) is 0 Å². The molecule has 1 aliphatic rings. The van der Waals surface area contributed by atoms with E-state index in [4.69, 9.17) is 0 Å². The summed E-state index contributed by atoms with van der Waals surface area (Å²) in [7, 11) is 1.47. The number of rotatable bonds is 5. The van der Waals surface area contributed by atoms with E-state index in [1.165, 1.54) is 41.1 Å². The number of amides is 3. The second-order valence-electron chi connectivity index (χ2n) is 6.95. The van der Waals surface area contributed by atoms with Gasteiger partial charge in [-0.2, -0.15) is 8.78 Å². The molecule has 0 saturated carbocycles. The number of para-hydroxylation sites is 2. The van der Waals surface area contributed by atoms with Gasteiger partial charge in [-0.05, 0) is 43.3 Å². The fourth-order valence-corrected chi connectivity index (χ4v) is 3.32. The molecule has 0 saturated heterocycles. The first-order valence-corrected chi connectivity index (χ1v) is 9.27. The third kappa shape index (κ3) is 4.73. The second-order valence-corrected chi connectivity index (χ2v) is 6.95. The number of anilines is 2. The number of carbonyl (C=O) groups excluding carboxylic acids is 3. The zero-order valence-electron chi connectivity index (χ0n) is 16.5. The number of hydrogen-bond donors (Lipinski definition) is 1. The molecule has 0 aliphatic carbocycles. The average molecular weight is 417 g/mol. The van der Waals surface area contributed by atoms with Gasteiger partial charge in [-0.15, -0.1) is 0 Å². The number of nitrogens with one attached hydrogen (secondary N) is 1. The lowest BCUT2D eigenvalue weighted by Crippen LogP contribution is -2.45. The predicted octanol–water partition coefficient (Wildman–Crippen LogP) is 3.12. The Morgan fingerprint density at radius 3 is 2.53 bits per heavy atom. The van der Waals surface area contributed by atoms with Gasteiger partial charge < -0.3 is 19.9 Å². The van der Waals surface area contributed by atoms with Gasteiger partial charge in [0, 0.05) is 25.1 Å². The Morgan fingerprint density at radius 2 is 1.87 bits per heavy atom. The van der Waals surface area contributed by atoms with Crippen molar-refractivity contribution in [2.75, 3.05) is 23.8 Å². The Bertz CT molecular complexity index is 950. The number of hydrogen-bond acceptors (Lipinski definition) is 4. The van der Waals surface area contributed by atoms with E-state index < -0.39 is 18.6 Å². The van der Waals surface area contributed by atoms with Crippen LogP contribution in [0.15, 0.2) is 48.5 Å². The zero-order chi connectivity index (χ0) is 21.8. The van der Waals surface area contributed by atoms with Crippen molar-refractivity contribution in [3.8, 4) is 5.75 Å². The monoisotopic (exact) mass is 417 g/mol. The average Bonchev–Trinajstić information content (AvgIpc) is 2.81. The summed E-state index contributed by atoms with van der Waals surface area (Å²) in [5, 5.41) is 2.78. The Hall–Kier alpha value is -3.49. The summed E-state index contributed by atoms with van der Waals surface area (Å²) in [5.74, 6) is -1.05. The highest BCUT2D eigenvalue weighted by molar-refractivity contribution is 6.06. The normalized spacial score (nSPS) is 15.8. The van der Waals surface area contributed by atoms with E-state index in [1.807, 2.05) is 0 Å². The maximum Gasteiger partial charge on any atom is 0.387 e. The molecule has 1 aliphatic heterocycles. The van der Waals surface area contributed by atoms with Crippen LogP contribution < -0.4 is 15.0 Å². The van der Waals surface area contributed by atoms with Gasteiger partial charge in [0.2, 0.25) is 11.8 Å². The number of fused-ring (bicyclic) bond motifs is 1. The molecule has 1 heterocycles. The number of nitrogens with zero attached hydrogens (tertiary/aromatic N) is 2. The first-order chi connectivity index (χ1) is 14.3. The molecule has 0 spiro atoms. The fourth-order valence-electron chi connectivity index (χ4n) is 3.32. The minimum absolute atomic E-state index is 0.0626. The molecule has 2 aromatic carbocycles. The van der Waals surface area contributed by atoms with Crippen LogP contribution in [0, 0.1) is 0 Å². The lowest BCUT2D eigenvalue weighted by atomic mass is 10.1. The molecule has 7 nitrogen and oxygen atoms in total. The first-order valence-electron chi connectivity index (χ1n) is 9.27. The Balaban J connectivity index is 1.74. The van der Waals surface area contributed by atoms with Crippen LogP contribution in [0.3, 0.4) is 0 Å². The maximum absolute atomic E-state index is 13.0. The van der Waals surface area contributed by atoms with Crippen molar-refractivity contribution < 1.29 is 27.9 Å². The van der Waals surface area contributed by atoms with E-state index in [0.29, 0.717) is 11.4 Å². The summed E-state index contributed by atoms with van der Waals surface area (Å²) < 4.78 is 28.8. The standard InChI is InChI=1S/C21H21F2N3O4/c1-13-11-18(27)24-16-5-3-4-6-17(16)26(13)19(28)12-25(2)20(29)14-7-9-15(10-8-14)30-21(22)23/h3-10,13,21H,11-12H2,1-2H3,(H,24,27)/t13-/m0/s1. The van der Waals surface area contributed by atoms with Gasteiger partial charge in [-0.3, -0.25) is 14.4 Å². The Labute approximate surface area is 172 Å². The van der Waals surface area contributed by atoms with Crippen molar-refractivity contribution in [3.63, 3.8) is 0 Å². The summed E-state index contributed by atoms with van der Waals surface area (Å²) >= 11 is 0. The van der Waals surface area contributed by atoms with Gasteiger partial charge in [0.1, 0.15) is 12.3 Å². The second kappa shape index (κ2) is 8.89. The van der Waals surface area contributed by atoms with E-state index >= 15 is 0 Å². The molecule has 3 rings (SSSR count). The van der Waals surface area contributed by atoms with Crippen LogP contribution in [-0.2, 0) is 9.59 Å². The summed E-state index contributed by atoms with van der Waals surface area (Å²) in [6.07, 6.45) is 0.129. The lowest BCUT2D eigenvalue weighted by molar-refractivity contribution is -0.119. The molecule has 9 heteroatoms. The fraction of sp³-hybridized carbons (Fsp3) is 0.286. The van der Waals surface area contributed by atoms with Crippen molar-refractivity contribution in [2.45, 2.75) is 26.0 Å². The zero-order valence-corrected chi connectivity index (χ0v) is 16.5. The number of carbonyl (C=O) groups is 3. The van der Waals surface area contributed by atoms with Gasteiger partial charge in [-0.25, -0.2) is 0 Å². The van der Waals surface area contributed by atoms with E-state index in [9.17, 15) is 23.2 Å². The quantitative estimate of drug-likeness (QED) is 0.811. The van der Waals surface area contributed by atoms with Crippen molar-refractivity contribution in [1.82, 2.24) is 4.90 Å². The van der Waals surface area contributed by atoms with Gasteiger partial charge in [0.05, 0.1) is 11.4 Å². The Kier molecular flexibility index (Phi) is 6.29. The van der Waals surface area contributed by atoms with Gasteiger partial charge in [0.25, 0.3) is 5.91 Å². The third-order valence-electron chi connectivity index (χ3n) is 4.67. The maximum atomic E-state index is 13.0. The molecule has 158 valence electrons. The smallest absolute Gasteiger partial charge is 0.387 e. The van der Waals surface area contributed by atoms with E-state index in [2.05, 4.69) is 10.1 Å². The van der Waals surface area contributed by atoms with Crippen molar-refractivity contribution in [2.24, 2.45) is 0 Å². The molecular weight excluding hydrogens is 396 g/mol. The molecule has 30 heavy (non-hydrogen) atoms. The highest BCUT2D eigenvalue weighted by Gasteiger charge is 2.30. The van der Waals surface area contributed by atoms with Crippen LogP contribution >= 0.6 is 0 Å². The van der Waals surface area contributed by atoms with Crippen LogP contribution in [-0.4, -0.2) is 48.9 Å². The van der Waals surface area contributed by atoms with Crippen molar-refractivity contribution in [1.29, 1.82) is 0 Å². The molecule has 0 bridgehead atoms. The highest BCUT2D eigenvalue weighted by Crippen LogP contribution is 2.31. The molecular formula is C21H21F2N3O4. The van der Waals surface area contributed by atoms with Crippen LogP contribution in [0.25, 0.3) is 0 Å². The van der Waals surface area contributed by atoms with Crippen molar-refractivity contribution in [3.05, 3.63) is 54.1 Å². The molecule has 3 amide bonds. The number of halogens is 2. The predicted molar refractivity (Wildman–Crippen MR) is 107 cm³/mol. The third-order valence-corrected chi connectivity index (χ3v) is 4.67. The van der Waals surface area contributed by atoms with Crippen LogP contribution in [0.4, 0.5) is 20.2 Å². The Morgan fingerprint density at radius 1 is 1.20 bits per heavy atom. The SMILES string of the molecule is C[C@H]1CC(=O)Nc2ccccc2N1C(=O)CN(C)C(=O)c1ccc(OC(F)F)cc1. The summed E-state index contributed by atoms with van der Waals surface area (Å²) in [6.45, 7) is -1.41. The van der Waals surface area contributed by atoms with Crippen molar-refractivity contribution >= 4 is 29.1 Å². The topological polar surface area (TPSA) is 79.0 Å². The summed E-state index contributed by atoms with van der Waals surface area (Å²) in [6, 6.07) is 11.8. The number of alkyl halides is 2.